The highest BCUT2D eigenvalue weighted by molar-refractivity contribution is 6.25. The van der Waals surface area contributed by atoms with Crippen LogP contribution in [0.4, 0.5) is 22.7 Å². The largest absolute Gasteiger partial charge is 0.339 e. The molecule has 0 aliphatic rings. The molecule has 0 saturated heterocycles. The lowest BCUT2D eigenvalue weighted by Gasteiger charge is -2.29. The lowest BCUT2D eigenvalue weighted by atomic mass is 9.93. The third kappa shape index (κ3) is 2.44. The zero-order valence-electron chi connectivity index (χ0n) is 17.8. The standard InChI is InChI=1S/C28H20N2O2/c1-29(20-9-4-3-5-10-20)25-26(28(32)27(25)31)30(2)22-16-14-19-12-11-17-7-6-8-18-13-15-21(22)24(19)23(17)18/h3-16H,1-2H3. The van der Waals surface area contributed by atoms with E-state index in [4.69, 9.17) is 0 Å². The van der Waals surface area contributed by atoms with Crippen LogP contribution in [0, 0.1) is 0 Å². The van der Waals surface area contributed by atoms with Gasteiger partial charge in [0.1, 0.15) is 11.4 Å². The van der Waals surface area contributed by atoms with Crippen LogP contribution in [0.2, 0.25) is 0 Å². The molecule has 6 rings (SSSR count). The van der Waals surface area contributed by atoms with Gasteiger partial charge >= 0.3 is 0 Å². The summed E-state index contributed by atoms with van der Waals surface area (Å²) in [6, 6.07) is 28.6. The third-order valence-corrected chi connectivity index (χ3v) is 6.54. The minimum absolute atomic E-state index is 0.425. The Balaban J connectivity index is 1.56. The third-order valence-electron chi connectivity index (χ3n) is 6.54. The summed E-state index contributed by atoms with van der Waals surface area (Å²) in [5.74, 6) is 0. The molecule has 0 amide bonds. The Morgan fingerprint density at radius 1 is 0.531 bits per heavy atom. The Hall–Kier alpha value is -4.18. The number of rotatable bonds is 4. The predicted molar refractivity (Wildman–Crippen MR) is 134 cm³/mol. The Labute approximate surface area is 184 Å². The first-order valence-corrected chi connectivity index (χ1v) is 10.6. The van der Waals surface area contributed by atoms with Crippen molar-refractivity contribution in [2.45, 2.75) is 0 Å². The van der Waals surface area contributed by atoms with Crippen molar-refractivity contribution in [3.8, 4) is 0 Å². The molecule has 4 nitrogen and oxygen atoms in total. The highest BCUT2D eigenvalue weighted by Crippen LogP contribution is 2.41. The molecule has 0 radical (unpaired) electrons. The molecular formula is C28H20N2O2. The van der Waals surface area contributed by atoms with E-state index in [1.54, 1.807) is 4.90 Å². The van der Waals surface area contributed by atoms with E-state index in [1.165, 1.54) is 21.5 Å². The van der Waals surface area contributed by atoms with Crippen molar-refractivity contribution in [1.82, 2.24) is 0 Å². The van der Waals surface area contributed by atoms with Crippen LogP contribution in [0.15, 0.2) is 94.5 Å². The molecule has 0 saturated carbocycles. The Bertz CT molecular complexity index is 1680. The second-order valence-electron chi connectivity index (χ2n) is 8.25. The van der Waals surface area contributed by atoms with E-state index in [0.717, 1.165) is 22.1 Å². The summed E-state index contributed by atoms with van der Waals surface area (Å²) in [6.07, 6.45) is 0. The van der Waals surface area contributed by atoms with Gasteiger partial charge < -0.3 is 9.80 Å². The van der Waals surface area contributed by atoms with Gasteiger partial charge in [0, 0.05) is 30.9 Å². The Morgan fingerprint density at radius 2 is 1.09 bits per heavy atom. The number of para-hydroxylation sites is 1. The molecule has 0 aliphatic carbocycles. The van der Waals surface area contributed by atoms with Crippen LogP contribution >= 0.6 is 0 Å². The molecule has 6 aromatic carbocycles. The summed E-state index contributed by atoms with van der Waals surface area (Å²) < 4.78 is 0. The van der Waals surface area contributed by atoms with Gasteiger partial charge in [0.05, 0.1) is 0 Å². The fourth-order valence-electron chi connectivity index (χ4n) is 4.90. The van der Waals surface area contributed by atoms with E-state index in [1.807, 2.05) is 55.4 Å². The van der Waals surface area contributed by atoms with Crippen molar-refractivity contribution in [2.24, 2.45) is 0 Å². The first-order valence-electron chi connectivity index (χ1n) is 10.6. The number of hydrogen-bond donors (Lipinski definition) is 0. The maximum atomic E-state index is 12.7. The minimum Gasteiger partial charge on any atom is -0.339 e. The second kappa shape index (κ2) is 6.66. The van der Waals surface area contributed by atoms with Crippen molar-refractivity contribution in [3.05, 3.63) is 105 Å². The quantitative estimate of drug-likeness (QED) is 0.272. The molecule has 4 heteroatoms. The molecule has 0 atom stereocenters. The van der Waals surface area contributed by atoms with Gasteiger partial charge in [-0.15, -0.1) is 0 Å². The van der Waals surface area contributed by atoms with Crippen LogP contribution in [-0.4, -0.2) is 14.1 Å². The fourth-order valence-corrected chi connectivity index (χ4v) is 4.90. The maximum Gasteiger partial charge on any atom is 0.253 e. The molecule has 0 heterocycles. The maximum absolute atomic E-state index is 12.7. The van der Waals surface area contributed by atoms with Crippen LogP contribution < -0.4 is 20.7 Å². The van der Waals surface area contributed by atoms with E-state index in [2.05, 4.69) is 48.5 Å². The molecule has 6 aromatic rings. The Kier molecular flexibility index (Phi) is 3.87. The summed E-state index contributed by atoms with van der Waals surface area (Å²) in [6.45, 7) is 0. The minimum atomic E-state index is -0.448. The van der Waals surface area contributed by atoms with Gasteiger partial charge in [-0.05, 0) is 45.1 Å². The van der Waals surface area contributed by atoms with Crippen molar-refractivity contribution in [3.63, 3.8) is 0 Å². The summed E-state index contributed by atoms with van der Waals surface area (Å²) in [4.78, 5) is 29.0. The summed E-state index contributed by atoms with van der Waals surface area (Å²) in [7, 11) is 3.69. The first kappa shape index (κ1) is 18.6. The molecule has 154 valence electrons. The van der Waals surface area contributed by atoms with E-state index in [-0.39, 0.29) is 0 Å². The normalized spacial score (nSPS) is 11.7. The highest BCUT2D eigenvalue weighted by Gasteiger charge is 2.29. The van der Waals surface area contributed by atoms with Gasteiger partial charge in [0.15, 0.2) is 0 Å². The second-order valence-corrected chi connectivity index (χ2v) is 8.25. The summed E-state index contributed by atoms with van der Waals surface area (Å²) in [5, 5.41) is 7.02. The van der Waals surface area contributed by atoms with Crippen molar-refractivity contribution in [2.75, 3.05) is 23.9 Å². The van der Waals surface area contributed by atoms with E-state index < -0.39 is 10.9 Å². The van der Waals surface area contributed by atoms with Crippen molar-refractivity contribution >= 4 is 55.1 Å². The lowest BCUT2D eigenvalue weighted by molar-refractivity contribution is 1.10. The number of anilines is 4. The number of hydrogen-bond acceptors (Lipinski definition) is 4. The van der Waals surface area contributed by atoms with Crippen LogP contribution in [0.5, 0.6) is 0 Å². The highest BCUT2D eigenvalue weighted by atomic mass is 16.2. The van der Waals surface area contributed by atoms with Crippen LogP contribution in [0.25, 0.3) is 32.3 Å². The van der Waals surface area contributed by atoms with Gasteiger partial charge in [-0.1, -0.05) is 66.7 Å². The Morgan fingerprint density at radius 3 is 1.78 bits per heavy atom. The topological polar surface area (TPSA) is 40.6 Å². The van der Waals surface area contributed by atoms with Crippen LogP contribution in [-0.2, 0) is 0 Å². The van der Waals surface area contributed by atoms with Crippen LogP contribution in [0.1, 0.15) is 0 Å². The zero-order chi connectivity index (χ0) is 22.0. The molecule has 0 N–H and O–H groups in total. The van der Waals surface area contributed by atoms with Gasteiger partial charge in [-0.3, -0.25) is 9.59 Å². The molecule has 0 aromatic heterocycles. The lowest BCUT2D eigenvalue weighted by Crippen LogP contribution is -2.41. The monoisotopic (exact) mass is 416 g/mol. The molecule has 0 bridgehead atoms. The van der Waals surface area contributed by atoms with Crippen molar-refractivity contribution in [1.29, 1.82) is 0 Å². The van der Waals surface area contributed by atoms with Gasteiger partial charge in [-0.25, -0.2) is 0 Å². The zero-order valence-corrected chi connectivity index (χ0v) is 17.8. The average Bonchev–Trinajstić information content (AvgIpc) is 2.85. The average molecular weight is 416 g/mol. The van der Waals surface area contributed by atoms with E-state index in [0.29, 0.717) is 11.4 Å². The molecule has 0 fully saturated rings. The number of nitrogens with zero attached hydrogens (tertiary/aromatic N) is 2. The van der Waals surface area contributed by atoms with E-state index >= 15 is 0 Å². The molecule has 0 unspecified atom stereocenters. The number of benzene rings is 5. The van der Waals surface area contributed by atoms with Gasteiger partial charge in [0.2, 0.25) is 0 Å². The SMILES string of the molecule is CN(c1ccccc1)c1c(N(C)c2ccc3ccc4cccc5ccc2c3c45)c(=O)c1=O. The summed E-state index contributed by atoms with van der Waals surface area (Å²) >= 11 is 0. The molecular weight excluding hydrogens is 396 g/mol. The summed E-state index contributed by atoms with van der Waals surface area (Å²) in [5.41, 5.74) is 1.73. The predicted octanol–water partition coefficient (Wildman–Crippen LogP) is 5.72. The molecule has 0 spiro atoms. The first-order chi connectivity index (χ1) is 15.6. The van der Waals surface area contributed by atoms with Crippen molar-refractivity contribution < 1.29 is 0 Å². The smallest absolute Gasteiger partial charge is 0.253 e. The fraction of sp³-hybridized carbons (Fsp3) is 0.0714. The molecule has 32 heavy (non-hydrogen) atoms. The van der Waals surface area contributed by atoms with Gasteiger partial charge in [-0.2, -0.15) is 0 Å². The van der Waals surface area contributed by atoms with Gasteiger partial charge in [0.25, 0.3) is 10.9 Å². The van der Waals surface area contributed by atoms with E-state index in [9.17, 15) is 9.59 Å². The molecule has 0 aliphatic heterocycles. The van der Waals surface area contributed by atoms with Crippen LogP contribution in [0.3, 0.4) is 0 Å².